The number of halogens is 2. The maximum absolute atomic E-state index is 13.2. The first kappa shape index (κ1) is 16.2. The standard InChI is InChI=1S/C18H20F2N4O/c1-17(2)12-6-7-18(17,14-10(12)5-4-8-21-14)22-16(25)11-9-24(3)23-13(11)15(19)20/h4-5,8-9,12,15H,6-7H2,1-3H3,(H,22,25). The highest BCUT2D eigenvalue weighted by Crippen LogP contribution is 2.65. The molecule has 1 saturated carbocycles. The van der Waals surface area contributed by atoms with E-state index in [1.807, 2.05) is 6.07 Å². The third-order valence-electron chi connectivity index (χ3n) is 6.03. The number of hydrogen-bond donors (Lipinski definition) is 1. The number of nitrogens with one attached hydrogen (secondary N) is 1. The number of amides is 1. The number of carbonyl (C=O) groups excluding carboxylic acids is 1. The number of aryl methyl sites for hydroxylation is 1. The fourth-order valence-electron chi connectivity index (χ4n) is 4.75. The zero-order valence-electron chi connectivity index (χ0n) is 14.4. The fraction of sp³-hybridized carbons (Fsp3) is 0.500. The molecule has 2 heterocycles. The van der Waals surface area contributed by atoms with Gasteiger partial charge in [0.15, 0.2) is 0 Å². The molecular formula is C18H20F2N4O. The van der Waals surface area contributed by atoms with Crippen LogP contribution in [0.1, 0.15) is 66.3 Å². The molecule has 7 heteroatoms. The van der Waals surface area contributed by atoms with E-state index in [-0.39, 0.29) is 11.0 Å². The molecule has 1 amide bonds. The molecule has 2 aromatic rings. The molecule has 2 atom stereocenters. The molecule has 0 aromatic carbocycles. The molecule has 2 bridgehead atoms. The Morgan fingerprint density at radius 2 is 2.20 bits per heavy atom. The molecule has 132 valence electrons. The molecule has 25 heavy (non-hydrogen) atoms. The van der Waals surface area contributed by atoms with Crippen LogP contribution in [0.3, 0.4) is 0 Å². The van der Waals surface area contributed by atoms with Crippen LogP contribution in [-0.2, 0) is 12.6 Å². The molecule has 5 nitrogen and oxygen atoms in total. The van der Waals surface area contributed by atoms with E-state index in [1.54, 1.807) is 6.20 Å². The van der Waals surface area contributed by atoms with Gasteiger partial charge in [0.2, 0.25) is 0 Å². The Hall–Kier alpha value is -2.31. The summed E-state index contributed by atoms with van der Waals surface area (Å²) in [6.07, 6.45) is 1.97. The molecule has 1 N–H and O–H groups in total. The van der Waals surface area contributed by atoms with E-state index in [1.165, 1.54) is 17.9 Å². The minimum atomic E-state index is -2.79. The summed E-state index contributed by atoms with van der Waals surface area (Å²) in [5.41, 5.74) is 0.595. The number of aromatic nitrogens is 3. The molecule has 4 rings (SSSR count). The number of pyridine rings is 1. The monoisotopic (exact) mass is 346 g/mol. The van der Waals surface area contributed by atoms with Crippen molar-refractivity contribution in [2.75, 3.05) is 0 Å². The quantitative estimate of drug-likeness (QED) is 0.928. The summed E-state index contributed by atoms with van der Waals surface area (Å²) in [7, 11) is 1.53. The summed E-state index contributed by atoms with van der Waals surface area (Å²) in [5.74, 6) is -0.212. The molecule has 2 aliphatic rings. The van der Waals surface area contributed by atoms with Gasteiger partial charge in [-0.1, -0.05) is 19.9 Å². The summed E-state index contributed by atoms with van der Waals surface area (Å²) < 4.78 is 27.7. The Kier molecular flexibility index (Phi) is 3.30. The van der Waals surface area contributed by atoms with Crippen LogP contribution in [-0.4, -0.2) is 20.7 Å². The lowest BCUT2D eigenvalue weighted by molar-refractivity contribution is 0.0791. The Bertz CT molecular complexity index is 861. The first-order valence-electron chi connectivity index (χ1n) is 8.37. The largest absolute Gasteiger partial charge is 0.340 e. The lowest BCUT2D eigenvalue weighted by atomic mass is 9.75. The summed E-state index contributed by atoms with van der Waals surface area (Å²) in [6.45, 7) is 4.23. The number of alkyl halides is 2. The van der Waals surface area contributed by atoms with Crippen LogP contribution in [0.5, 0.6) is 0 Å². The Labute approximate surface area is 144 Å². The first-order valence-corrected chi connectivity index (χ1v) is 8.37. The molecule has 2 aromatic heterocycles. The maximum Gasteiger partial charge on any atom is 0.282 e. The second-order valence-corrected chi connectivity index (χ2v) is 7.52. The maximum atomic E-state index is 13.2. The van der Waals surface area contributed by atoms with Crippen molar-refractivity contribution >= 4 is 5.91 Å². The van der Waals surface area contributed by atoms with Crippen LogP contribution in [0.25, 0.3) is 0 Å². The van der Waals surface area contributed by atoms with Crippen molar-refractivity contribution in [1.82, 2.24) is 20.1 Å². The van der Waals surface area contributed by atoms with E-state index in [0.29, 0.717) is 5.92 Å². The van der Waals surface area contributed by atoms with E-state index in [2.05, 4.69) is 35.3 Å². The number of rotatable bonds is 3. The van der Waals surface area contributed by atoms with Crippen molar-refractivity contribution in [1.29, 1.82) is 0 Å². The van der Waals surface area contributed by atoms with Gasteiger partial charge in [-0.05, 0) is 30.4 Å². The van der Waals surface area contributed by atoms with Gasteiger partial charge in [-0.2, -0.15) is 5.10 Å². The summed E-state index contributed by atoms with van der Waals surface area (Å²) in [4.78, 5) is 17.4. The first-order chi connectivity index (χ1) is 11.8. The Morgan fingerprint density at radius 3 is 2.92 bits per heavy atom. The highest BCUT2D eigenvalue weighted by Gasteiger charge is 2.63. The predicted molar refractivity (Wildman–Crippen MR) is 87.3 cm³/mol. The second kappa shape index (κ2) is 5.09. The topological polar surface area (TPSA) is 59.8 Å². The van der Waals surface area contributed by atoms with Crippen LogP contribution in [0.4, 0.5) is 8.78 Å². The van der Waals surface area contributed by atoms with Gasteiger partial charge in [-0.25, -0.2) is 8.78 Å². The van der Waals surface area contributed by atoms with Crippen molar-refractivity contribution in [2.45, 2.75) is 44.6 Å². The van der Waals surface area contributed by atoms with Crippen molar-refractivity contribution in [3.05, 3.63) is 47.0 Å². The normalized spacial score (nSPS) is 26.1. The van der Waals surface area contributed by atoms with Crippen molar-refractivity contribution in [3.8, 4) is 0 Å². The van der Waals surface area contributed by atoms with Gasteiger partial charge in [0.1, 0.15) is 5.69 Å². The van der Waals surface area contributed by atoms with Gasteiger partial charge >= 0.3 is 0 Å². The highest BCUT2D eigenvalue weighted by molar-refractivity contribution is 5.96. The molecule has 2 aliphatic carbocycles. The van der Waals surface area contributed by atoms with Crippen LogP contribution >= 0.6 is 0 Å². The third-order valence-corrected chi connectivity index (χ3v) is 6.03. The van der Waals surface area contributed by atoms with Crippen LogP contribution in [0.2, 0.25) is 0 Å². The van der Waals surface area contributed by atoms with Gasteiger partial charge in [0.05, 0.1) is 16.8 Å². The van der Waals surface area contributed by atoms with Gasteiger partial charge in [-0.3, -0.25) is 14.5 Å². The second-order valence-electron chi connectivity index (χ2n) is 7.52. The van der Waals surface area contributed by atoms with E-state index in [4.69, 9.17) is 0 Å². The summed E-state index contributed by atoms with van der Waals surface area (Å²) in [6, 6.07) is 3.96. The molecule has 1 fully saturated rings. The summed E-state index contributed by atoms with van der Waals surface area (Å²) in [5, 5.41) is 6.80. The minimum absolute atomic E-state index is 0.0736. The van der Waals surface area contributed by atoms with Gasteiger partial charge in [0, 0.05) is 24.9 Å². The number of hydrogen-bond acceptors (Lipinski definition) is 3. The van der Waals surface area contributed by atoms with Gasteiger partial charge in [-0.15, -0.1) is 0 Å². The molecule has 2 unspecified atom stereocenters. The smallest absolute Gasteiger partial charge is 0.282 e. The Balaban J connectivity index is 1.77. The number of carbonyl (C=O) groups is 1. The average molecular weight is 346 g/mol. The van der Waals surface area contributed by atoms with E-state index in [9.17, 15) is 13.6 Å². The van der Waals surface area contributed by atoms with E-state index in [0.717, 1.165) is 24.1 Å². The molecule has 0 spiro atoms. The zero-order chi connectivity index (χ0) is 18.0. The lowest BCUT2D eigenvalue weighted by Gasteiger charge is -2.38. The van der Waals surface area contributed by atoms with Crippen LogP contribution in [0, 0.1) is 5.41 Å². The molecular weight excluding hydrogens is 326 g/mol. The van der Waals surface area contributed by atoms with Gasteiger partial charge < -0.3 is 5.32 Å². The molecule has 0 saturated heterocycles. The van der Waals surface area contributed by atoms with Crippen molar-refractivity contribution in [3.63, 3.8) is 0 Å². The van der Waals surface area contributed by atoms with Crippen LogP contribution < -0.4 is 5.32 Å². The van der Waals surface area contributed by atoms with Gasteiger partial charge in [0.25, 0.3) is 12.3 Å². The Morgan fingerprint density at radius 1 is 1.44 bits per heavy atom. The number of nitrogens with zero attached hydrogens (tertiary/aromatic N) is 3. The average Bonchev–Trinajstić information content (AvgIpc) is 3.12. The summed E-state index contributed by atoms with van der Waals surface area (Å²) >= 11 is 0. The number of fused-ring (bicyclic) bond motifs is 5. The fourth-order valence-corrected chi connectivity index (χ4v) is 4.75. The van der Waals surface area contributed by atoms with Crippen molar-refractivity contribution in [2.24, 2.45) is 12.5 Å². The highest BCUT2D eigenvalue weighted by atomic mass is 19.3. The predicted octanol–water partition coefficient (Wildman–Crippen LogP) is 3.30. The van der Waals surface area contributed by atoms with E-state index >= 15 is 0 Å². The minimum Gasteiger partial charge on any atom is -0.340 e. The molecule has 0 radical (unpaired) electrons. The zero-order valence-corrected chi connectivity index (χ0v) is 14.4. The van der Waals surface area contributed by atoms with Crippen molar-refractivity contribution < 1.29 is 13.6 Å². The lowest BCUT2D eigenvalue weighted by Crippen LogP contribution is -2.51. The SMILES string of the molecule is Cn1cc(C(=O)NC23CCC(c4cccnc42)C3(C)C)c(C(F)F)n1. The van der Waals surface area contributed by atoms with Crippen LogP contribution in [0.15, 0.2) is 24.5 Å². The molecule has 0 aliphatic heterocycles. The third kappa shape index (κ3) is 2.01. The van der Waals surface area contributed by atoms with E-state index < -0.39 is 23.6 Å².